The molecular formula is C14H14FN3. The summed E-state index contributed by atoms with van der Waals surface area (Å²) in [6.07, 6.45) is 3.30. The van der Waals surface area contributed by atoms with Crippen LogP contribution in [0.25, 0.3) is 11.3 Å². The number of aromatic amines is 1. The predicted molar refractivity (Wildman–Crippen MR) is 66.6 cm³/mol. The highest BCUT2D eigenvalue weighted by Crippen LogP contribution is 2.40. The van der Waals surface area contributed by atoms with Crippen LogP contribution >= 0.6 is 0 Å². The number of nitrogens with one attached hydrogen (secondary N) is 2. The Morgan fingerprint density at radius 1 is 1.22 bits per heavy atom. The van der Waals surface area contributed by atoms with E-state index in [0.29, 0.717) is 17.6 Å². The molecule has 0 unspecified atom stereocenters. The lowest BCUT2D eigenvalue weighted by Crippen LogP contribution is -2.31. The summed E-state index contributed by atoms with van der Waals surface area (Å²) in [7, 11) is 0. The highest BCUT2D eigenvalue weighted by molar-refractivity contribution is 5.66. The predicted octanol–water partition coefficient (Wildman–Crippen LogP) is 2.57. The molecule has 2 atom stereocenters. The van der Waals surface area contributed by atoms with Crippen LogP contribution in [0, 0.1) is 5.82 Å². The quantitative estimate of drug-likeness (QED) is 0.808. The minimum atomic E-state index is -0.202. The molecule has 2 aliphatic heterocycles. The topological polar surface area (TPSA) is 40.7 Å². The second kappa shape index (κ2) is 3.65. The third kappa shape index (κ3) is 1.35. The van der Waals surface area contributed by atoms with Crippen LogP contribution in [0.5, 0.6) is 0 Å². The Labute approximate surface area is 104 Å². The molecule has 3 nitrogen and oxygen atoms in total. The number of hydrogen-bond acceptors (Lipinski definition) is 2. The summed E-state index contributed by atoms with van der Waals surface area (Å²) in [6.45, 7) is 0. The monoisotopic (exact) mass is 243 g/mol. The molecule has 0 saturated carbocycles. The molecule has 4 rings (SSSR count). The molecule has 2 aromatic rings. The molecule has 1 fully saturated rings. The zero-order valence-corrected chi connectivity index (χ0v) is 9.91. The fourth-order valence-corrected chi connectivity index (χ4v) is 3.23. The van der Waals surface area contributed by atoms with Crippen molar-refractivity contribution in [2.24, 2.45) is 0 Å². The summed E-state index contributed by atoms with van der Waals surface area (Å²) in [4.78, 5) is 0. The fourth-order valence-electron chi connectivity index (χ4n) is 3.23. The summed E-state index contributed by atoms with van der Waals surface area (Å²) in [5, 5.41) is 11.0. The first kappa shape index (κ1) is 10.3. The van der Waals surface area contributed by atoms with Gasteiger partial charge in [-0.25, -0.2) is 4.39 Å². The van der Waals surface area contributed by atoms with E-state index in [1.807, 2.05) is 6.07 Å². The molecule has 18 heavy (non-hydrogen) atoms. The van der Waals surface area contributed by atoms with Gasteiger partial charge in [0.05, 0.1) is 0 Å². The standard InChI is InChI=1S/C14H14FN3/c15-10-4-2-1-3-9(10)14-13-11-6-5-8(16-11)7-12(13)17-18-14/h1-4,8,11,16H,5-7H2,(H,17,18)/t8-,11+/m0/s1. The van der Waals surface area contributed by atoms with Crippen molar-refractivity contribution in [2.45, 2.75) is 31.3 Å². The van der Waals surface area contributed by atoms with E-state index in [-0.39, 0.29) is 5.82 Å². The van der Waals surface area contributed by atoms with Crippen molar-refractivity contribution in [3.05, 3.63) is 41.3 Å². The molecule has 1 aromatic carbocycles. The minimum absolute atomic E-state index is 0.202. The molecule has 92 valence electrons. The maximum atomic E-state index is 13.9. The van der Waals surface area contributed by atoms with Crippen molar-refractivity contribution in [2.75, 3.05) is 0 Å². The van der Waals surface area contributed by atoms with Crippen molar-refractivity contribution in [1.82, 2.24) is 15.5 Å². The second-order valence-electron chi connectivity index (χ2n) is 5.14. The average Bonchev–Trinajstić information content (AvgIpc) is 2.96. The zero-order chi connectivity index (χ0) is 12.1. The van der Waals surface area contributed by atoms with Gasteiger partial charge in [-0.05, 0) is 25.0 Å². The third-order valence-corrected chi connectivity index (χ3v) is 4.05. The molecule has 2 bridgehead atoms. The zero-order valence-electron chi connectivity index (χ0n) is 9.91. The summed E-state index contributed by atoms with van der Waals surface area (Å²) in [6, 6.07) is 7.76. The van der Waals surface area contributed by atoms with Gasteiger partial charge < -0.3 is 5.32 Å². The van der Waals surface area contributed by atoms with E-state index >= 15 is 0 Å². The molecule has 1 saturated heterocycles. The molecule has 0 amide bonds. The lowest BCUT2D eigenvalue weighted by atomic mass is 9.96. The van der Waals surface area contributed by atoms with Gasteiger partial charge in [0.1, 0.15) is 11.5 Å². The fraction of sp³-hybridized carbons (Fsp3) is 0.357. The lowest BCUT2D eigenvalue weighted by Gasteiger charge is -2.21. The SMILES string of the molecule is Fc1ccccc1-c1n[nH]c2c1[C@H]1CC[C@@H](C2)N1. The van der Waals surface area contributed by atoms with E-state index in [9.17, 15) is 4.39 Å². The number of halogens is 1. The maximum absolute atomic E-state index is 13.9. The molecule has 2 N–H and O–H groups in total. The van der Waals surface area contributed by atoms with Gasteiger partial charge in [0, 0.05) is 35.3 Å². The van der Waals surface area contributed by atoms with Crippen LogP contribution in [0.4, 0.5) is 4.39 Å². The number of aromatic nitrogens is 2. The van der Waals surface area contributed by atoms with Crippen molar-refractivity contribution in [1.29, 1.82) is 0 Å². The van der Waals surface area contributed by atoms with Crippen molar-refractivity contribution in [3.63, 3.8) is 0 Å². The van der Waals surface area contributed by atoms with Crippen LogP contribution in [0.1, 0.15) is 30.1 Å². The average molecular weight is 243 g/mol. The van der Waals surface area contributed by atoms with Gasteiger partial charge in [-0.2, -0.15) is 5.10 Å². The first-order valence-corrected chi connectivity index (χ1v) is 6.41. The molecule has 0 radical (unpaired) electrons. The summed E-state index contributed by atoms with van der Waals surface area (Å²) >= 11 is 0. The molecule has 0 aliphatic carbocycles. The minimum Gasteiger partial charge on any atom is -0.307 e. The second-order valence-corrected chi connectivity index (χ2v) is 5.14. The highest BCUT2D eigenvalue weighted by atomic mass is 19.1. The van der Waals surface area contributed by atoms with Crippen LogP contribution < -0.4 is 5.32 Å². The summed E-state index contributed by atoms with van der Waals surface area (Å²) in [5.74, 6) is -0.202. The number of benzene rings is 1. The summed E-state index contributed by atoms with van der Waals surface area (Å²) in [5.41, 5.74) is 3.73. The van der Waals surface area contributed by atoms with Gasteiger partial charge in [-0.1, -0.05) is 12.1 Å². The summed E-state index contributed by atoms with van der Waals surface area (Å²) < 4.78 is 13.9. The van der Waals surface area contributed by atoms with E-state index in [1.165, 1.54) is 23.7 Å². The Balaban J connectivity index is 1.89. The molecule has 3 heterocycles. The van der Waals surface area contributed by atoms with Crippen molar-refractivity contribution in [3.8, 4) is 11.3 Å². The van der Waals surface area contributed by atoms with E-state index in [4.69, 9.17) is 0 Å². The van der Waals surface area contributed by atoms with Crippen molar-refractivity contribution < 1.29 is 4.39 Å². The van der Waals surface area contributed by atoms with Crippen LogP contribution in [-0.2, 0) is 6.42 Å². The Morgan fingerprint density at radius 2 is 2.11 bits per heavy atom. The third-order valence-electron chi connectivity index (χ3n) is 4.05. The largest absolute Gasteiger partial charge is 0.307 e. The Kier molecular flexibility index (Phi) is 2.08. The lowest BCUT2D eigenvalue weighted by molar-refractivity contribution is 0.511. The first-order chi connectivity index (χ1) is 8.83. The Morgan fingerprint density at radius 3 is 3.00 bits per heavy atom. The van der Waals surface area contributed by atoms with Crippen LogP contribution in [0.3, 0.4) is 0 Å². The molecular weight excluding hydrogens is 229 g/mol. The van der Waals surface area contributed by atoms with Crippen molar-refractivity contribution >= 4 is 0 Å². The van der Waals surface area contributed by atoms with Gasteiger partial charge in [-0.3, -0.25) is 5.10 Å². The van der Waals surface area contributed by atoms with Gasteiger partial charge in [0.25, 0.3) is 0 Å². The highest BCUT2D eigenvalue weighted by Gasteiger charge is 2.36. The van der Waals surface area contributed by atoms with E-state index < -0.39 is 0 Å². The van der Waals surface area contributed by atoms with E-state index in [1.54, 1.807) is 12.1 Å². The number of hydrogen-bond donors (Lipinski definition) is 2. The normalized spacial score (nSPS) is 25.2. The number of fused-ring (bicyclic) bond motifs is 4. The van der Waals surface area contributed by atoms with Crippen LogP contribution in [0.15, 0.2) is 24.3 Å². The van der Waals surface area contributed by atoms with Gasteiger partial charge >= 0.3 is 0 Å². The van der Waals surface area contributed by atoms with Gasteiger partial charge in [0.15, 0.2) is 0 Å². The molecule has 2 aliphatic rings. The number of nitrogens with zero attached hydrogens (tertiary/aromatic N) is 1. The number of H-pyrrole nitrogens is 1. The van der Waals surface area contributed by atoms with Gasteiger partial charge in [0.2, 0.25) is 0 Å². The van der Waals surface area contributed by atoms with Crippen LogP contribution in [-0.4, -0.2) is 16.2 Å². The Hall–Kier alpha value is -1.68. The Bertz CT molecular complexity index is 605. The molecule has 1 aromatic heterocycles. The van der Waals surface area contributed by atoms with Crippen LogP contribution in [0.2, 0.25) is 0 Å². The first-order valence-electron chi connectivity index (χ1n) is 6.41. The molecule has 0 spiro atoms. The van der Waals surface area contributed by atoms with E-state index in [0.717, 1.165) is 18.5 Å². The number of rotatable bonds is 1. The van der Waals surface area contributed by atoms with Gasteiger partial charge in [-0.15, -0.1) is 0 Å². The maximum Gasteiger partial charge on any atom is 0.132 e. The smallest absolute Gasteiger partial charge is 0.132 e. The molecule has 4 heteroatoms. The van der Waals surface area contributed by atoms with E-state index in [2.05, 4.69) is 15.5 Å².